The maximum absolute atomic E-state index is 10.9. The number of primary amides is 1. The SMILES string of the molecule is Cc1cc(C)c(C#CCC(N)=O)c([N+](=O)[O-])c1. The lowest BCUT2D eigenvalue weighted by Crippen LogP contribution is -2.08. The summed E-state index contributed by atoms with van der Waals surface area (Å²) in [6.45, 7) is 3.52. The van der Waals surface area contributed by atoms with Crippen molar-refractivity contribution in [2.45, 2.75) is 20.3 Å². The fraction of sp³-hybridized carbons (Fsp3) is 0.250. The summed E-state index contributed by atoms with van der Waals surface area (Å²) in [4.78, 5) is 20.9. The fourth-order valence-electron chi connectivity index (χ4n) is 1.47. The monoisotopic (exact) mass is 232 g/mol. The summed E-state index contributed by atoms with van der Waals surface area (Å²) in [5, 5.41) is 10.9. The van der Waals surface area contributed by atoms with Crippen molar-refractivity contribution in [3.63, 3.8) is 0 Å². The Kier molecular flexibility index (Phi) is 3.83. The second-order valence-corrected chi connectivity index (χ2v) is 3.68. The van der Waals surface area contributed by atoms with E-state index in [1.165, 1.54) is 6.07 Å². The van der Waals surface area contributed by atoms with E-state index in [0.717, 1.165) is 5.56 Å². The molecule has 0 atom stereocenters. The molecule has 1 amide bonds. The van der Waals surface area contributed by atoms with Gasteiger partial charge in [0, 0.05) is 6.07 Å². The van der Waals surface area contributed by atoms with E-state index < -0.39 is 10.8 Å². The van der Waals surface area contributed by atoms with Gasteiger partial charge in [0.25, 0.3) is 5.69 Å². The second-order valence-electron chi connectivity index (χ2n) is 3.68. The number of carbonyl (C=O) groups excluding carboxylic acids is 1. The number of nitro groups is 1. The molecule has 2 N–H and O–H groups in total. The van der Waals surface area contributed by atoms with E-state index in [2.05, 4.69) is 11.8 Å². The van der Waals surface area contributed by atoms with Gasteiger partial charge in [0.15, 0.2) is 0 Å². The van der Waals surface area contributed by atoms with Gasteiger partial charge in [-0.15, -0.1) is 0 Å². The van der Waals surface area contributed by atoms with Crippen molar-refractivity contribution in [3.8, 4) is 11.8 Å². The third-order valence-corrected chi connectivity index (χ3v) is 2.13. The number of nitrogens with zero attached hydrogens (tertiary/aromatic N) is 1. The Hall–Kier alpha value is -2.35. The minimum Gasteiger partial charge on any atom is -0.369 e. The van der Waals surface area contributed by atoms with E-state index in [4.69, 9.17) is 5.73 Å². The highest BCUT2D eigenvalue weighted by Crippen LogP contribution is 2.23. The highest BCUT2D eigenvalue weighted by Gasteiger charge is 2.14. The summed E-state index contributed by atoms with van der Waals surface area (Å²) < 4.78 is 0. The summed E-state index contributed by atoms with van der Waals surface area (Å²) in [5.74, 6) is 4.61. The predicted molar refractivity (Wildman–Crippen MR) is 63.3 cm³/mol. The van der Waals surface area contributed by atoms with Gasteiger partial charge in [-0.1, -0.05) is 17.9 Å². The molecule has 0 aliphatic heterocycles. The Morgan fingerprint density at radius 3 is 2.65 bits per heavy atom. The van der Waals surface area contributed by atoms with Gasteiger partial charge < -0.3 is 5.73 Å². The summed E-state index contributed by atoms with van der Waals surface area (Å²) in [6, 6.07) is 3.27. The van der Waals surface area contributed by atoms with E-state index in [0.29, 0.717) is 11.1 Å². The summed E-state index contributed by atoms with van der Waals surface area (Å²) >= 11 is 0. The quantitative estimate of drug-likeness (QED) is 0.475. The van der Waals surface area contributed by atoms with Crippen molar-refractivity contribution in [1.29, 1.82) is 0 Å². The highest BCUT2D eigenvalue weighted by molar-refractivity contribution is 5.76. The largest absolute Gasteiger partial charge is 0.369 e. The first-order chi connectivity index (χ1) is 7.91. The molecule has 0 radical (unpaired) electrons. The second kappa shape index (κ2) is 5.12. The van der Waals surface area contributed by atoms with Gasteiger partial charge in [-0.25, -0.2) is 0 Å². The van der Waals surface area contributed by atoms with Crippen LogP contribution in [0.3, 0.4) is 0 Å². The Bertz CT molecular complexity index is 539. The first kappa shape index (κ1) is 12.7. The number of benzene rings is 1. The van der Waals surface area contributed by atoms with Crippen molar-refractivity contribution in [2.75, 3.05) is 0 Å². The van der Waals surface area contributed by atoms with Gasteiger partial charge in [-0.2, -0.15) is 0 Å². The lowest BCUT2D eigenvalue weighted by Gasteiger charge is -2.02. The van der Waals surface area contributed by atoms with E-state index in [9.17, 15) is 14.9 Å². The zero-order valence-corrected chi connectivity index (χ0v) is 9.61. The number of rotatable bonds is 2. The number of hydrogen-bond donors (Lipinski definition) is 1. The molecule has 1 rings (SSSR count). The molecule has 1 aromatic carbocycles. The van der Waals surface area contributed by atoms with Crippen molar-refractivity contribution in [2.24, 2.45) is 5.73 Å². The highest BCUT2D eigenvalue weighted by atomic mass is 16.6. The minimum absolute atomic E-state index is 0.0422. The van der Waals surface area contributed by atoms with Crippen LogP contribution in [-0.2, 0) is 4.79 Å². The number of aryl methyl sites for hydroxylation is 2. The maximum atomic E-state index is 10.9. The molecular weight excluding hydrogens is 220 g/mol. The van der Waals surface area contributed by atoms with Gasteiger partial charge in [-0.05, 0) is 25.0 Å². The topological polar surface area (TPSA) is 86.2 Å². The van der Waals surface area contributed by atoms with Crippen LogP contribution in [0.1, 0.15) is 23.1 Å². The van der Waals surface area contributed by atoms with Gasteiger partial charge in [0.1, 0.15) is 5.56 Å². The molecule has 0 fully saturated rings. The summed E-state index contributed by atoms with van der Waals surface area (Å²) in [7, 11) is 0. The van der Waals surface area contributed by atoms with Gasteiger partial charge in [0.05, 0.1) is 11.3 Å². The fourth-order valence-corrected chi connectivity index (χ4v) is 1.47. The van der Waals surface area contributed by atoms with Crippen LogP contribution in [0.5, 0.6) is 0 Å². The molecule has 0 heterocycles. The Morgan fingerprint density at radius 1 is 1.47 bits per heavy atom. The van der Waals surface area contributed by atoms with Crippen molar-refractivity contribution in [1.82, 2.24) is 0 Å². The molecule has 0 bridgehead atoms. The molecule has 0 saturated heterocycles. The molecule has 88 valence electrons. The number of hydrogen-bond acceptors (Lipinski definition) is 3. The number of nitrogens with two attached hydrogens (primary N) is 1. The molecule has 17 heavy (non-hydrogen) atoms. The van der Waals surface area contributed by atoms with E-state index in [1.54, 1.807) is 19.9 Å². The Morgan fingerprint density at radius 2 is 2.12 bits per heavy atom. The zero-order valence-electron chi connectivity index (χ0n) is 9.61. The summed E-state index contributed by atoms with van der Waals surface area (Å²) in [5.41, 5.74) is 6.75. The first-order valence-corrected chi connectivity index (χ1v) is 4.94. The van der Waals surface area contributed by atoms with Crippen LogP contribution in [0, 0.1) is 35.8 Å². The van der Waals surface area contributed by atoms with Gasteiger partial charge >= 0.3 is 0 Å². The van der Waals surface area contributed by atoms with Crippen LogP contribution in [0.4, 0.5) is 5.69 Å². The van der Waals surface area contributed by atoms with Crippen LogP contribution < -0.4 is 5.73 Å². The van der Waals surface area contributed by atoms with Crippen molar-refractivity contribution >= 4 is 11.6 Å². The average Bonchev–Trinajstić information content (AvgIpc) is 2.19. The molecule has 0 aliphatic rings. The molecule has 0 saturated carbocycles. The standard InChI is InChI=1S/C12H12N2O3/c1-8-6-9(2)10(4-3-5-12(13)15)11(7-8)14(16)17/h6-7H,5H2,1-2H3,(H2,13,15). The molecule has 5 heteroatoms. The van der Waals surface area contributed by atoms with Crippen LogP contribution in [0.25, 0.3) is 0 Å². The third kappa shape index (κ3) is 3.31. The molecule has 0 spiro atoms. The van der Waals surface area contributed by atoms with Crippen molar-refractivity contribution in [3.05, 3.63) is 38.9 Å². The molecule has 5 nitrogen and oxygen atoms in total. The van der Waals surface area contributed by atoms with Crippen molar-refractivity contribution < 1.29 is 9.72 Å². The predicted octanol–water partition coefficient (Wildman–Crippen LogP) is 1.44. The Labute approximate surface area is 98.8 Å². The molecule has 0 aliphatic carbocycles. The Balaban J connectivity index is 3.24. The zero-order chi connectivity index (χ0) is 13.0. The lowest BCUT2D eigenvalue weighted by molar-refractivity contribution is -0.385. The maximum Gasteiger partial charge on any atom is 0.285 e. The van der Waals surface area contributed by atoms with Crippen LogP contribution in [0.15, 0.2) is 12.1 Å². The van der Waals surface area contributed by atoms with Crippen LogP contribution >= 0.6 is 0 Å². The molecule has 0 aromatic heterocycles. The number of amides is 1. The van der Waals surface area contributed by atoms with Crippen LogP contribution in [-0.4, -0.2) is 10.8 Å². The minimum atomic E-state index is -0.551. The smallest absolute Gasteiger partial charge is 0.285 e. The van der Waals surface area contributed by atoms with Crippen LogP contribution in [0.2, 0.25) is 0 Å². The van der Waals surface area contributed by atoms with E-state index in [-0.39, 0.29) is 12.1 Å². The van der Waals surface area contributed by atoms with E-state index in [1.807, 2.05) is 0 Å². The number of carbonyl (C=O) groups is 1. The third-order valence-electron chi connectivity index (χ3n) is 2.13. The van der Waals surface area contributed by atoms with Gasteiger partial charge in [-0.3, -0.25) is 14.9 Å². The summed E-state index contributed by atoms with van der Waals surface area (Å²) in [6.07, 6.45) is -0.107. The molecule has 1 aromatic rings. The van der Waals surface area contributed by atoms with E-state index >= 15 is 0 Å². The van der Waals surface area contributed by atoms with Gasteiger partial charge in [0.2, 0.25) is 5.91 Å². The lowest BCUT2D eigenvalue weighted by atomic mass is 10.0. The molecule has 0 unspecified atom stereocenters. The number of nitro benzene ring substituents is 1. The normalized spacial score (nSPS) is 9.29. The average molecular weight is 232 g/mol. The first-order valence-electron chi connectivity index (χ1n) is 4.94. The molecular formula is C12H12N2O3.